The fourth-order valence-corrected chi connectivity index (χ4v) is 4.63. The minimum absolute atomic E-state index is 0.00298. The third-order valence-corrected chi connectivity index (χ3v) is 5.99. The first-order valence-corrected chi connectivity index (χ1v) is 10.0. The first kappa shape index (κ1) is 18.6. The number of thiazole rings is 1. The molecule has 4 rings (SSSR count). The monoisotopic (exact) mass is 418 g/mol. The average molecular weight is 418 g/mol. The number of carbonyl (C=O) groups is 1. The van der Waals surface area contributed by atoms with E-state index in [1.807, 2.05) is 29.6 Å². The summed E-state index contributed by atoms with van der Waals surface area (Å²) in [6.45, 7) is -0.00298. The molecule has 2 aromatic carbocycles. The molecule has 4 aromatic rings. The minimum atomic E-state index is -4.41. The van der Waals surface area contributed by atoms with Crippen LogP contribution in [0.2, 0.25) is 0 Å². The van der Waals surface area contributed by atoms with Crippen LogP contribution in [0.3, 0.4) is 0 Å². The van der Waals surface area contributed by atoms with E-state index >= 15 is 0 Å². The summed E-state index contributed by atoms with van der Waals surface area (Å²) in [6.07, 6.45) is -4.41. The summed E-state index contributed by atoms with van der Waals surface area (Å²) in [7, 11) is 0. The number of alkyl halides is 3. The number of halogens is 3. The molecule has 0 unspecified atom stereocenters. The van der Waals surface area contributed by atoms with Crippen molar-refractivity contribution in [2.24, 2.45) is 0 Å². The topological polar surface area (TPSA) is 42.0 Å². The van der Waals surface area contributed by atoms with Gasteiger partial charge in [0.2, 0.25) is 0 Å². The Bertz CT molecular complexity index is 1150. The van der Waals surface area contributed by atoms with Crippen LogP contribution in [0, 0.1) is 0 Å². The third kappa shape index (κ3) is 3.79. The lowest BCUT2D eigenvalue weighted by molar-refractivity contribution is -0.137. The highest BCUT2D eigenvalue weighted by Crippen LogP contribution is 2.35. The molecule has 0 fully saturated rings. The normalized spacial score (nSPS) is 11.7. The van der Waals surface area contributed by atoms with Crippen LogP contribution in [0.4, 0.5) is 13.2 Å². The lowest BCUT2D eigenvalue weighted by Gasteiger charge is -2.09. The molecule has 0 spiro atoms. The van der Waals surface area contributed by atoms with Crippen molar-refractivity contribution in [2.45, 2.75) is 12.7 Å². The van der Waals surface area contributed by atoms with E-state index < -0.39 is 17.6 Å². The standard InChI is InChI=1S/C20H13F3N2OS2/c21-20(22,23)13-5-3-4-12(8-13)9-24-18(26)16-11-28-19(25-16)15-10-27-17-7-2-1-6-14(15)17/h1-8,10-11H,9H2,(H,24,26). The Morgan fingerprint density at radius 3 is 2.68 bits per heavy atom. The van der Waals surface area contributed by atoms with Crippen LogP contribution in [0.15, 0.2) is 59.3 Å². The van der Waals surface area contributed by atoms with Gasteiger partial charge in [-0.1, -0.05) is 30.3 Å². The first-order valence-electron chi connectivity index (χ1n) is 8.28. The van der Waals surface area contributed by atoms with E-state index in [-0.39, 0.29) is 12.2 Å². The number of hydrogen-bond donors (Lipinski definition) is 1. The van der Waals surface area contributed by atoms with Crippen molar-refractivity contribution in [1.82, 2.24) is 10.3 Å². The van der Waals surface area contributed by atoms with E-state index in [0.29, 0.717) is 5.56 Å². The van der Waals surface area contributed by atoms with Crippen molar-refractivity contribution in [3.63, 3.8) is 0 Å². The zero-order valence-corrected chi connectivity index (χ0v) is 15.9. The van der Waals surface area contributed by atoms with Crippen molar-refractivity contribution >= 4 is 38.7 Å². The Morgan fingerprint density at radius 1 is 1.04 bits per heavy atom. The van der Waals surface area contributed by atoms with Crippen molar-refractivity contribution < 1.29 is 18.0 Å². The maximum Gasteiger partial charge on any atom is 0.416 e. The van der Waals surface area contributed by atoms with Crippen LogP contribution in [-0.2, 0) is 12.7 Å². The fraction of sp³-hybridized carbons (Fsp3) is 0.100. The van der Waals surface area contributed by atoms with Crippen LogP contribution in [0.5, 0.6) is 0 Å². The van der Waals surface area contributed by atoms with Gasteiger partial charge in [-0.2, -0.15) is 13.2 Å². The van der Waals surface area contributed by atoms with Crippen LogP contribution in [-0.4, -0.2) is 10.9 Å². The fourth-order valence-electron chi connectivity index (χ4n) is 2.78. The number of amides is 1. The van der Waals surface area contributed by atoms with Gasteiger partial charge in [-0.05, 0) is 23.8 Å². The van der Waals surface area contributed by atoms with Gasteiger partial charge in [-0.15, -0.1) is 22.7 Å². The second-order valence-electron chi connectivity index (χ2n) is 6.06. The van der Waals surface area contributed by atoms with Gasteiger partial charge in [0, 0.05) is 33.0 Å². The molecule has 0 saturated carbocycles. The molecular weight excluding hydrogens is 405 g/mol. The minimum Gasteiger partial charge on any atom is -0.347 e. The van der Waals surface area contributed by atoms with Gasteiger partial charge < -0.3 is 5.32 Å². The van der Waals surface area contributed by atoms with Gasteiger partial charge in [0.05, 0.1) is 5.56 Å². The zero-order valence-electron chi connectivity index (χ0n) is 14.3. The van der Waals surface area contributed by atoms with Crippen LogP contribution in [0.1, 0.15) is 21.6 Å². The predicted molar refractivity (Wildman–Crippen MR) is 106 cm³/mol. The second-order valence-corrected chi connectivity index (χ2v) is 7.83. The molecule has 3 nitrogen and oxygen atoms in total. The van der Waals surface area contributed by atoms with E-state index in [1.165, 1.54) is 17.4 Å². The highest BCUT2D eigenvalue weighted by atomic mass is 32.1. The third-order valence-electron chi connectivity index (χ3n) is 4.16. The molecule has 0 aliphatic heterocycles. The number of benzene rings is 2. The Kier molecular flexibility index (Phi) is 4.91. The van der Waals surface area contributed by atoms with Crippen LogP contribution >= 0.6 is 22.7 Å². The van der Waals surface area contributed by atoms with Gasteiger partial charge >= 0.3 is 6.18 Å². The summed E-state index contributed by atoms with van der Waals surface area (Å²) in [5.74, 6) is -0.417. The number of aromatic nitrogens is 1. The predicted octanol–water partition coefficient (Wildman–Crippen LogP) is 5.97. The summed E-state index contributed by atoms with van der Waals surface area (Å²) in [5, 5.41) is 8.11. The summed E-state index contributed by atoms with van der Waals surface area (Å²) in [4.78, 5) is 16.8. The van der Waals surface area contributed by atoms with Crippen molar-refractivity contribution in [3.05, 3.63) is 76.1 Å². The van der Waals surface area contributed by atoms with E-state index in [9.17, 15) is 18.0 Å². The molecule has 1 amide bonds. The SMILES string of the molecule is O=C(NCc1cccc(C(F)(F)F)c1)c1csc(-c2csc3ccccc23)n1. The lowest BCUT2D eigenvalue weighted by Crippen LogP contribution is -2.23. The number of rotatable bonds is 4. The molecule has 0 atom stereocenters. The smallest absolute Gasteiger partial charge is 0.347 e. The summed E-state index contributed by atoms with van der Waals surface area (Å²) >= 11 is 2.98. The summed E-state index contributed by atoms with van der Waals surface area (Å²) in [5.41, 5.74) is 0.867. The van der Waals surface area contributed by atoms with E-state index in [1.54, 1.807) is 22.8 Å². The Labute approximate surface area is 166 Å². The molecule has 0 aliphatic carbocycles. The van der Waals surface area contributed by atoms with Crippen molar-refractivity contribution in [2.75, 3.05) is 0 Å². The molecule has 2 heterocycles. The number of carbonyl (C=O) groups excluding carboxylic acids is 1. The molecule has 1 N–H and O–H groups in total. The number of thiophene rings is 1. The second kappa shape index (κ2) is 7.37. The first-order chi connectivity index (χ1) is 13.4. The van der Waals surface area contributed by atoms with Crippen LogP contribution < -0.4 is 5.32 Å². The van der Waals surface area contributed by atoms with Crippen molar-refractivity contribution in [3.8, 4) is 10.6 Å². The van der Waals surface area contributed by atoms with Crippen LogP contribution in [0.25, 0.3) is 20.7 Å². The Hall–Kier alpha value is -2.71. The maximum atomic E-state index is 12.8. The average Bonchev–Trinajstić information content (AvgIpc) is 3.32. The Morgan fingerprint density at radius 2 is 1.86 bits per heavy atom. The molecule has 8 heteroatoms. The molecule has 0 bridgehead atoms. The largest absolute Gasteiger partial charge is 0.416 e. The lowest BCUT2D eigenvalue weighted by atomic mass is 10.1. The number of fused-ring (bicyclic) bond motifs is 1. The van der Waals surface area contributed by atoms with E-state index in [0.717, 1.165) is 32.8 Å². The molecule has 142 valence electrons. The molecule has 2 aromatic heterocycles. The number of nitrogens with one attached hydrogen (secondary N) is 1. The molecule has 0 radical (unpaired) electrons. The molecule has 0 saturated heterocycles. The van der Waals surface area contributed by atoms with Gasteiger partial charge in [-0.25, -0.2) is 4.98 Å². The molecular formula is C20H13F3N2OS2. The number of hydrogen-bond acceptors (Lipinski definition) is 4. The van der Waals surface area contributed by atoms with Gasteiger partial charge in [0.25, 0.3) is 5.91 Å². The van der Waals surface area contributed by atoms with Gasteiger partial charge in [-0.3, -0.25) is 4.79 Å². The van der Waals surface area contributed by atoms with Gasteiger partial charge in [0.15, 0.2) is 0 Å². The summed E-state index contributed by atoms with van der Waals surface area (Å²) in [6, 6.07) is 12.9. The number of nitrogens with zero attached hydrogens (tertiary/aromatic N) is 1. The molecule has 0 aliphatic rings. The molecule has 28 heavy (non-hydrogen) atoms. The Balaban J connectivity index is 1.48. The highest BCUT2D eigenvalue weighted by Gasteiger charge is 2.30. The maximum absolute atomic E-state index is 12.8. The summed E-state index contributed by atoms with van der Waals surface area (Å²) < 4.78 is 39.5. The highest BCUT2D eigenvalue weighted by molar-refractivity contribution is 7.19. The van der Waals surface area contributed by atoms with E-state index in [4.69, 9.17) is 0 Å². The quantitative estimate of drug-likeness (QED) is 0.443. The van der Waals surface area contributed by atoms with Gasteiger partial charge in [0.1, 0.15) is 10.7 Å². The van der Waals surface area contributed by atoms with E-state index in [2.05, 4.69) is 10.3 Å². The van der Waals surface area contributed by atoms with Crippen molar-refractivity contribution in [1.29, 1.82) is 0 Å². The zero-order chi connectivity index (χ0) is 19.7.